The molecule has 0 aliphatic carbocycles. The van der Waals surface area contributed by atoms with Crippen molar-refractivity contribution in [3.8, 4) is 5.75 Å². The number of hydrogen-bond acceptors (Lipinski definition) is 4. The van der Waals surface area contributed by atoms with Crippen molar-refractivity contribution < 1.29 is 18.3 Å². The Hall–Kier alpha value is -3.03. The first-order valence-electron chi connectivity index (χ1n) is 6.70. The summed E-state index contributed by atoms with van der Waals surface area (Å²) in [6.45, 7) is -1.10. The smallest absolute Gasteiger partial charge is 0.387 e. The summed E-state index contributed by atoms with van der Waals surface area (Å²) in [5, 5.41) is 10.3. The van der Waals surface area contributed by atoms with Gasteiger partial charge in [0.05, 0.1) is 11.9 Å². The fourth-order valence-electron chi connectivity index (χ4n) is 2.10. The molecule has 0 fully saturated rings. The van der Waals surface area contributed by atoms with Gasteiger partial charge in [0, 0.05) is 16.6 Å². The highest BCUT2D eigenvalue weighted by atomic mass is 19.3. The monoisotopic (exact) mass is 318 g/mol. The minimum Gasteiger partial charge on any atom is -0.435 e. The number of benzene rings is 1. The van der Waals surface area contributed by atoms with Crippen molar-refractivity contribution in [3.05, 3.63) is 47.8 Å². The van der Waals surface area contributed by atoms with E-state index in [2.05, 4.69) is 25.2 Å². The number of aromatic nitrogens is 3. The molecule has 0 atom stereocenters. The maximum atomic E-state index is 12.2. The Morgan fingerprint density at radius 2 is 2.17 bits per heavy atom. The lowest BCUT2D eigenvalue weighted by molar-refractivity contribution is -0.0498. The van der Waals surface area contributed by atoms with E-state index in [4.69, 9.17) is 0 Å². The van der Waals surface area contributed by atoms with Crippen molar-refractivity contribution in [1.29, 1.82) is 0 Å². The summed E-state index contributed by atoms with van der Waals surface area (Å²) in [4.78, 5) is 16.3. The molecule has 0 unspecified atom stereocenters. The third-order valence-corrected chi connectivity index (χ3v) is 3.18. The maximum Gasteiger partial charge on any atom is 0.387 e. The summed E-state index contributed by atoms with van der Waals surface area (Å²) >= 11 is 0. The van der Waals surface area contributed by atoms with Crippen LogP contribution in [0.15, 0.2) is 36.5 Å². The molecular formula is C15H12F2N4O2. The van der Waals surface area contributed by atoms with E-state index in [1.807, 2.05) is 6.92 Å². The second-order valence-corrected chi connectivity index (χ2v) is 4.80. The molecule has 6 nitrogen and oxygen atoms in total. The van der Waals surface area contributed by atoms with E-state index in [1.165, 1.54) is 30.5 Å². The first kappa shape index (κ1) is 14.9. The van der Waals surface area contributed by atoms with E-state index < -0.39 is 12.5 Å². The molecule has 118 valence electrons. The van der Waals surface area contributed by atoms with Gasteiger partial charge < -0.3 is 10.1 Å². The zero-order valence-electron chi connectivity index (χ0n) is 12.0. The van der Waals surface area contributed by atoms with Gasteiger partial charge in [-0.1, -0.05) is 6.07 Å². The average Bonchev–Trinajstić information content (AvgIpc) is 2.88. The van der Waals surface area contributed by atoms with Crippen molar-refractivity contribution in [2.75, 3.05) is 5.32 Å². The second kappa shape index (κ2) is 5.99. The zero-order valence-corrected chi connectivity index (χ0v) is 12.0. The molecule has 3 aromatic rings. The predicted molar refractivity (Wildman–Crippen MR) is 79.7 cm³/mol. The summed E-state index contributed by atoms with van der Waals surface area (Å²) in [5.74, 6) is -0.529. The molecule has 0 saturated carbocycles. The van der Waals surface area contributed by atoms with Crippen LogP contribution in [0.4, 0.5) is 14.5 Å². The van der Waals surface area contributed by atoms with Crippen LogP contribution in [0.25, 0.3) is 11.0 Å². The molecule has 8 heteroatoms. The molecule has 2 N–H and O–H groups in total. The van der Waals surface area contributed by atoms with Gasteiger partial charge in [-0.25, -0.2) is 4.98 Å². The van der Waals surface area contributed by atoms with Crippen LogP contribution >= 0.6 is 0 Å². The van der Waals surface area contributed by atoms with Crippen molar-refractivity contribution in [3.63, 3.8) is 0 Å². The number of carbonyl (C=O) groups excluding carboxylic acids is 1. The highest BCUT2D eigenvalue weighted by Crippen LogP contribution is 2.20. The molecule has 0 radical (unpaired) electrons. The summed E-state index contributed by atoms with van der Waals surface area (Å²) in [7, 11) is 0. The standard InChI is InChI=1S/C15H12F2N4O2/c1-8-12-6-10(7-18-13(12)21-20-8)19-14(22)9-3-2-4-11(5-9)23-15(16)17/h2-7,15H,1H3,(H,19,22)(H,18,20,21). The number of amides is 1. The summed E-state index contributed by atoms with van der Waals surface area (Å²) in [6.07, 6.45) is 1.47. The largest absolute Gasteiger partial charge is 0.435 e. The van der Waals surface area contributed by atoms with Crippen LogP contribution in [-0.4, -0.2) is 27.7 Å². The highest BCUT2D eigenvalue weighted by Gasteiger charge is 2.11. The van der Waals surface area contributed by atoms with E-state index >= 15 is 0 Å². The normalized spacial score (nSPS) is 11.0. The molecular weight excluding hydrogens is 306 g/mol. The molecule has 0 aliphatic heterocycles. The number of carbonyl (C=O) groups is 1. The lowest BCUT2D eigenvalue weighted by atomic mass is 10.2. The highest BCUT2D eigenvalue weighted by molar-refractivity contribution is 6.05. The van der Waals surface area contributed by atoms with Gasteiger partial charge in [-0.15, -0.1) is 0 Å². The number of alkyl halides is 2. The van der Waals surface area contributed by atoms with Crippen molar-refractivity contribution in [2.45, 2.75) is 13.5 Å². The number of aryl methyl sites for hydroxylation is 1. The fraction of sp³-hybridized carbons (Fsp3) is 0.133. The molecule has 23 heavy (non-hydrogen) atoms. The van der Waals surface area contributed by atoms with E-state index in [1.54, 1.807) is 6.07 Å². The van der Waals surface area contributed by atoms with Crippen LogP contribution in [0, 0.1) is 6.92 Å². The van der Waals surface area contributed by atoms with Gasteiger partial charge in [0.15, 0.2) is 5.65 Å². The topological polar surface area (TPSA) is 79.9 Å². The Morgan fingerprint density at radius 1 is 1.35 bits per heavy atom. The Balaban J connectivity index is 1.81. The van der Waals surface area contributed by atoms with E-state index in [0.29, 0.717) is 11.3 Å². The summed E-state index contributed by atoms with van der Waals surface area (Å²) in [6, 6.07) is 7.30. The number of rotatable bonds is 4. The molecule has 0 saturated heterocycles. The fourth-order valence-corrected chi connectivity index (χ4v) is 2.10. The zero-order chi connectivity index (χ0) is 16.4. The van der Waals surface area contributed by atoms with Crippen LogP contribution in [0.3, 0.4) is 0 Å². The SMILES string of the molecule is Cc1[nH]nc2ncc(NC(=O)c3cccc(OC(F)F)c3)cc12. The maximum absolute atomic E-state index is 12.2. The first-order chi connectivity index (χ1) is 11.0. The number of H-pyrrole nitrogens is 1. The number of pyridine rings is 1. The Morgan fingerprint density at radius 3 is 2.96 bits per heavy atom. The van der Waals surface area contributed by atoms with Crippen LogP contribution < -0.4 is 10.1 Å². The number of hydrogen-bond donors (Lipinski definition) is 2. The second-order valence-electron chi connectivity index (χ2n) is 4.80. The minimum absolute atomic E-state index is 0.0769. The molecule has 1 aromatic carbocycles. The Kier molecular flexibility index (Phi) is 3.88. The number of aromatic amines is 1. The number of nitrogens with zero attached hydrogens (tertiary/aromatic N) is 2. The number of fused-ring (bicyclic) bond motifs is 1. The van der Waals surface area contributed by atoms with Gasteiger partial charge in [0.1, 0.15) is 5.75 Å². The van der Waals surface area contributed by atoms with Crippen molar-refractivity contribution in [1.82, 2.24) is 15.2 Å². The van der Waals surface area contributed by atoms with Crippen LogP contribution in [-0.2, 0) is 0 Å². The van der Waals surface area contributed by atoms with Crippen LogP contribution in [0.5, 0.6) is 5.75 Å². The number of anilines is 1. The summed E-state index contributed by atoms with van der Waals surface area (Å²) in [5.41, 5.74) is 2.06. The number of nitrogens with one attached hydrogen (secondary N) is 2. The average molecular weight is 318 g/mol. The van der Waals surface area contributed by atoms with E-state index in [9.17, 15) is 13.6 Å². The van der Waals surface area contributed by atoms with E-state index in [-0.39, 0.29) is 11.3 Å². The lowest BCUT2D eigenvalue weighted by Gasteiger charge is -2.08. The third-order valence-electron chi connectivity index (χ3n) is 3.18. The van der Waals surface area contributed by atoms with Gasteiger partial charge in [-0.3, -0.25) is 9.89 Å². The molecule has 0 bridgehead atoms. The van der Waals surface area contributed by atoms with Crippen LogP contribution in [0.1, 0.15) is 16.1 Å². The first-order valence-corrected chi connectivity index (χ1v) is 6.70. The van der Waals surface area contributed by atoms with E-state index in [0.717, 1.165) is 11.1 Å². The van der Waals surface area contributed by atoms with Gasteiger partial charge >= 0.3 is 6.61 Å². The number of ether oxygens (including phenoxy) is 1. The van der Waals surface area contributed by atoms with Gasteiger partial charge in [-0.05, 0) is 31.2 Å². The minimum atomic E-state index is -2.94. The molecule has 0 aliphatic rings. The predicted octanol–water partition coefficient (Wildman–Crippen LogP) is 3.12. The third kappa shape index (κ3) is 3.25. The Bertz CT molecular complexity index is 864. The van der Waals surface area contributed by atoms with Gasteiger partial charge in [0.2, 0.25) is 0 Å². The molecule has 0 spiro atoms. The van der Waals surface area contributed by atoms with Gasteiger partial charge in [0.25, 0.3) is 5.91 Å². The summed E-state index contributed by atoms with van der Waals surface area (Å²) < 4.78 is 28.7. The lowest BCUT2D eigenvalue weighted by Crippen LogP contribution is -2.12. The molecule has 2 aromatic heterocycles. The van der Waals surface area contributed by atoms with Crippen molar-refractivity contribution >= 4 is 22.6 Å². The Labute approximate surface area is 129 Å². The van der Waals surface area contributed by atoms with Crippen LogP contribution in [0.2, 0.25) is 0 Å². The number of halogens is 2. The molecule has 3 rings (SSSR count). The molecule has 1 amide bonds. The van der Waals surface area contributed by atoms with Gasteiger partial charge in [-0.2, -0.15) is 13.9 Å². The quantitative estimate of drug-likeness (QED) is 0.774. The van der Waals surface area contributed by atoms with Crippen molar-refractivity contribution in [2.24, 2.45) is 0 Å². The molecule has 2 heterocycles.